The first-order chi connectivity index (χ1) is 10.2. The van der Waals surface area contributed by atoms with Gasteiger partial charge < -0.3 is 5.32 Å². The van der Waals surface area contributed by atoms with E-state index in [4.69, 9.17) is 0 Å². The predicted octanol–water partition coefficient (Wildman–Crippen LogP) is 3.52. The van der Waals surface area contributed by atoms with E-state index in [1.165, 1.54) is 17.7 Å². The first-order valence-electron chi connectivity index (χ1n) is 7.97. The third-order valence-electron chi connectivity index (χ3n) is 4.22. The van der Waals surface area contributed by atoms with Crippen molar-refractivity contribution < 1.29 is 0 Å². The quantitative estimate of drug-likeness (QED) is 0.804. The zero-order valence-corrected chi connectivity index (χ0v) is 13.4. The van der Waals surface area contributed by atoms with E-state index < -0.39 is 0 Å². The summed E-state index contributed by atoms with van der Waals surface area (Å²) in [6.45, 7) is 5.62. The van der Waals surface area contributed by atoms with Gasteiger partial charge in [0.1, 0.15) is 0 Å². The van der Waals surface area contributed by atoms with Gasteiger partial charge in [-0.3, -0.25) is 4.68 Å². The average Bonchev–Trinajstić information content (AvgIpc) is 2.93. The standard InChI is InChI=1S/C18H27N3/c1-4-13-19-18(11-10-17-12-14-20-21(17)3)15(2)16-8-6-5-7-9-16/h5-9,12,14-15,18-19H,4,10-11,13H2,1-3H3. The lowest BCUT2D eigenvalue weighted by molar-refractivity contribution is 0.420. The number of aromatic nitrogens is 2. The van der Waals surface area contributed by atoms with E-state index in [-0.39, 0.29) is 0 Å². The molecule has 1 aromatic heterocycles. The molecule has 3 nitrogen and oxygen atoms in total. The first kappa shape index (κ1) is 15.8. The molecular weight excluding hydrogens is 258 g/mol. The van der Waals surface area contributed by atoms with Crippen LogP contribution in [0.4, 0.5) is 0 Å². The Labute approximate surface area is 128 Å². The summed E-state index contributed by atoms with van der Waals surface area (Å²) in [7, 11) is 2.02. The molecule has 0 aliphatic carbocycles. The number of hydrogen-bond donors (Lipinski definition) is 1. The molecule has 0 fully saturated rings. The van der Waals surface area contributed by atoms with Gasteiger partial charge in [0.05, 0.1) is 0 Å². The van der Waals surface area contributed by atoms with Crippen LogP contribution in [0.3, 0.4) is 0 Å². The summed E-state index contributed by atoms with van der Waals surface area (Å²) in [6.07, 6.45) is 5.25. The third-order valence-corrected chi connectivity index (χ3v) is 4.22. The van der Waals surface area contributed by atoms with Crippen LogP contribution < -0.4 is 5.32 Å². The first-order valence-corrected chi connectivity index (χ1v) is 7.97. The number of rotatable bonds is 8. The summed E-state index contributed by atoms with van der Waals surface area (Å²) < 4.78 is 1.98. The smallest absolute Gasteiger partial charge is 0.0492 e. The molecule has 0 saturated carbocycles. The van der Waals surface area contributed by atoms with Gasteiger partial charge in [-0.25, -0.2) is 0 Å². The Balaban J connectivity index is 2.01. The van der Waals surface area contributed by atoms with Gasteiger partial charge in [-0.05, 0) is 43.4 Å². The van der Waals surface area contributed by atoms with Crippen molar-refractivity contribution in [3.8, 4) is 0 Å². The molecule has 0 amide bonds. The van der Waals surface area contributed by atoms with Gasteiger partial charge in [-0.2, -0.15) is 5.10 Å². The Morgan fingerprint density at radius 1 is 1.19 bits per heavy atom. The molecule has 0 saturated heterocycles. The highest BCUT2D eigenvalue weighted by Crippen LogP contribution is 2.22. The summed E-state index contributed by atoms with van der Waals surface area (Å²) >= 11 is 0. The molecule has 2 rings (SSSR count). The van der Waals surface area contributed by atoms with E-state index in [2.05, 4.69) is 60.7 Å². The minimum Gasteiger partial charge on any atom is -0.313 e. The number of nitrogens with one attached hydrogen (secondary N) is 1. The summed E-state index contributed by atoms with van der Waals surface area (Å²) in [5, 5.41) is 7.98. The highest BCUT2D eigenvalue weighted by atomic mass is 15.2. The molecule has 1 heterocycles. The second-order valence-electron chi connectivity index (χ2n) is 5.74. The molecule has 1 aromatic carbocycles. The molecule has 3 heteroatoms. The van der Waals surface area contributed by atoms with Crippen molar-refractivity contribution in [1.82, 2.24) is 15.1 Å². The highest BCUT2D eigenvalue weighted by Gasteiger charge is 2.18. The zero-order chi connectivity index (χ0) is 15.1. The van der Waals surface area contributed by atoms with Gasteiger partial charge in [-0.1, -0.05) is 44.2 Å². The Bertz CT molecular complexity index is 518. The highest BCUT2D eigenvalue weighted by molar-refractivity contribution is 5.20. The van der Waals surface area contributed by atoms with Crippen LogP contribution in [0.25, 0.3) is 0 Å². The lowest BCUT2D eigenvalue weighted by Gasteiger charge is -2.26. The van der Waals surface area contributed by atoms with E-state index in [9.17, 15) is 0 Å². The largest absolute Gasteiger partial charge is 0.313 e. The van der Waals surface area contributed by atoms with Crippen molar-refractivity contribution in [1.29, 1.82) is 0 Å². The fourth-order valence-corrected chi connectivity index (χ4v) is 2.80. The van der Waals surface area contributed by atoms with Gasteiger partial charge in [0.15, 0.2) is 0 Å². The Morgan fingerprint density at radius 3 is 2.57 bits per heavy atom. The second kappa shape index (κ2) is 7.99. The van der Waals surface area contributed by atoms with Crippen molar-refractivity contribution in [2.75, 3.05) is 6.54 Å². The Morgan fingerprint density at radius 2 is 1.95 bits per heavy atom. The second-order valence-corrected chi connectivity index (χ2v) is 5.74. The van der Waals surface area contributed by atoms with Crippen molar-refractivity contribution in [3.05, 3.63) is 53.9 Å². The van der Waals surface area contributed by atoms with Crippen molar-refractivity contribution in [2.45, 2.75) is 45.1 Å². The number of aryl methyl sites for hydroxylation is 2. The molecule has 0 bridgehead atoms. The Kier molecular flexibility index (Phi) is 6.00. The maximum Gasteiger partial charge on any atom is 0.0492 e. The molecule has 0 radical (unpaired) electrons. The minimum absolute atomic E-state index is 0.502. The maximum absolute atomic E-state index is 4.26. The topological polar surface area (TPSA) is 29.9 Å². The maximum atomic E-state index is 4.26. The molecule has 114 valence electrons. The van der Waals surface area contributed by atoms with Crippen LogP contribution in [0.15, 0.2) is 42.6 Å². The average molecular weight is 285 g/mol. The van der Waals surface area contributed by atoms with Gasteiger partial charge in [0.2, 0.25) is 0 Å². The molecule has 2 aromatic rings. The Hall–Kier alpha value is -1.61. The van der Waals surface area contributed by atoms with Crippen LogP contribution in [0.2, 0.25) is 0 Å². The third kappa shape index (κ3) is 4.43. The van der Waals surface area contributed by atoms with Gasteiger partial charge in [-0.15, -0.1) is 0 Å². The van der Waals surface area contributed by atoms with Crippen molar-refractivity contribution in [3.63, 3.8) is 0 Å². The number of benzene rings is 1. The zero-order valence-electron chi connectivity index (χ0n) is 13.4. The molecule has 1 N–H and O–H groups in total. The molecular formula is C18H27N3. The summed E-state index contributed by atoms with van der Waals surface area (Å²) in [5.74, 6) is 0.519. The van der Waals surface area contributed by atoms with Crippen LogP contribution in [0.5, 0.6) is 0 Å². The molecule has 0 aliphatic rings. The normalized spacial score (nSPS) is 14.0. The lowest BCUT2D eigenvalue weighted by Crippen LogP contribution is -2.35. The van der Waals surface area contributed by atoms with Crippen LogP contribution in [0.1, 0.15) is 43.9 Å². The van der Waals surface area contributed by atoms with Crippen LogP contribution in [0, 0.1) is 0 Å². The summed E-state index contributed by atoms with van der Waals surface area (Å²) in [6, 6.07) is 13.4. The van der Waals surface area contributed by atoms with E-state index in [0.717, 1.165) is 19.4 Å². The van der Waals surface area contributed by atoms with Gasteiger partial charge in [0.25, 0.3) is 0 Å². The summed E-state index contributed by atoms with van der Waals surface area (Å²) in [5.41, 5.74) is 2.72. The van der Waals surface area contributed by atoms with E-state index in [0.29, 0.717) is 12.0 Å². The van der Waals surface area contributed by atoms with Gasteiger partial charge >= 0.3 is 0 Å². The number of hydrogen-bond acceptors (Lipinski definition) is 2. The molecule has 21 heavy (non-hydrogen) atoms. The van der Waals surface area contributed by atoms with E-state index >= 15 is 0 Å². The SMILES string of the molecule is CCCNC(CCc1ccnn1C)C(C)c1ccccc1. The monoisotopic (exact) mass is 285 g/mol. The fraction of sp³-hybridized carbons (Fsp3) is 0.500. The molecule has 2 atom stereocenters. The fourth-order valence-electron chi connectivity index (χ4n) is 2.80. The van der Waals surface area contributed by atoms with E-state index in [1.807, 2.05) is 17.9 Å². The van der Waals surface area contributed by atoms with Crippen LogP contribution in [-0.4, -0.2) is 22.4 Å². The van der Waals surface area contributed by atoms with Gasteiger partial charge in [0, 0.05) is 25.0 Å². The van der Waals surface area contributed by atoms with Crippen LogP contribution >= 0.6 is 0 Å². The lowest BCUT2D eigenvalue weighted by atomic mass is 9.90. The predicted molar refractivity (Wildman–Crippen MR) is 88.5 cm³/mol. The molecule has 0 spiro atoms. The summed E-state index contributed by atoms with van der Waals surface area (Å²) in [4.78, 5) is 0. The van der Waals surface area contributed by atoms with Crippen molar-refractivity contribution >= 4 is 0 Å². The van der Waals surface area contributed by atoms with Crippen molar-refractivity contribution in [2.24, 2.45) is 7.05 Å². The van der Waals surface area contributed by atoms with E-state index in [1.54, 1.807) is 0 Å². The molecule has 0 aliphatic heterocycles. The number of nitrogens with zero attached hydrogens (tertiary/aromatic N) is 2. The minimum atomic E-state index is 0.502. The van der Waals surface area contributed by atoms with Crippen LogP contribution in [-0.2, 0) is 13.5 Å². The molecule has 2 unspecified atom stereocenters.